The van der Waals surface area contributed by atoms with Gasteiger partial charge in [0.25, 0.3) is 0 Å². The molecule has 0 bridgehead atoms. The van der Waals surface area contributed by atoms with Crippen LogP contribution in [0.1, 0.15) is 26.2 Å². The zero-order valence-corrected chi connectivity index (χ0v) is 14.8. The van der Waals surface area contributed by atoms with Gasteiger partial charge in [0.15, 0.2) is 0 Å². The minimum absolute atomic E-state index is 0.0532. The van der Waals surface area contributed by atoms with E-state index in [-0.39, 0.29) is 16.8 Å². The molecule has 1 N–H and O–H groups in total. The maximum Gasteiger partial charge on any atom is 0.243 e. The summed E-state index contributed by atoms with van der Waals surface area (Å²) in [5.74, 6) is -0.0532. The van der Waals surface area contributed by atoms with E-state index in [0.29, 0.717) is 26.1 Å². The summed E-state index contributed by atoms with van der Waals surface area (Å²) in [6.07, 6.45) is 2.29. The molecule has 0 aliphatic carbocycles. The van der Waals surface area contributed by atoms with Crippen LogP contribution in [0.4, 0.5) is 0 Å². The lowest BCUT2D eigenvalue weighted by Crippen LogP contribution is -2.58. The van der Waals surface area contributed by atoms with Gasteiger partial charge in [0.2, 0.25) is 15.9 Å². The van der Waals surface area contributed by atoms with Gasteiger partial charge in [-0.2, -0.15) is 4.31 Å². The minimum Gasteiger partial charge on any atom is -0.338 e. The van der Waals surface area contributed by atoms with Crippen molar-refractivity contribution in [2.24, 2.45) is 0 Å². The van der Waals surface area contributed by atoms with E-state index in [4.69, 9.17) is 0 Å². The van der Waals surface area contributed by atoms with Crippen LogP contribution in [0.25, 0.3) is 0 Å². The van der Waals surface area contributed by atoms with Gasteiger partial charge >= 0.3 is 0 Å². The predicted octanol–water partition coefficient (Wildman–Crippen LogP) is 1.05. The van der Waals surface area contributed by atoms with Crippen molar-refractivity contribution >= 4 is 15.9 Å². The van der Waals surface area contributed by atoms with Crippen molar-refractivity contribution < 1.29 is 13.2 Å². The predicted molar refractivity (Wildman–Crippen MR) is 92.0 cm³/mol. The molecule has 2 saturated heterocycles. The van der Waals surface area contributed by atoms with Crippen LogP contribution in [-0.4, -0.2) is 61.8 Å². The molecule has 132 valence electrons. The highest BCUT2D eigenvalue weighted by molar-refractivity contribution is 7.89. The molecule has 2 aliphatic heterocycles. The Morgan fingerprint density at radius 1 is 1.17 bits per heavy atom. The molecule has 0 spiro atoms. The van der Waals surface area contributed by atoms with E-state index in [1.54, 1.807) is 30.3 Å². The number of nitrogens with one attached hydrogen (secondary N) is 1. The van der Waals surface area contributed by atoms with Gasteiger partial charge in [-0.05, 0) is 31.9 Å². The smallest absolute Gasteiger partial charge is 0.243 e. The molecular weight excluding hydrogens is 326 g/mol. The summed E-state index contributed by atoms with van der Waals surface area (Å²) in [4.78, 5) is 15.1. The zero-order chi connectivity index (χ0) is 17.2. The van der Waals surface area contributed by atoms with Gasteiger partial charge in [-0.25, -0.2) is 8.42 Å². The van der Waals surface area contributed by atoms with Gasteiger partial charge < -0.3 is 10.2 Å². The third-order valence-corrected chi connectivity index (χ3v) is 6.69. The molecule has 6 nitrogen and oxygen atoms in total. The highest BCUT2D eigenvalue weighted by Crippen LogP contribution is 2.26. The fraction of sp³-hybridized carbons (Fsp3) is 0.588. The Hall–Kier alpha value is -1.44. The summed E-state index contributed by atoms with van der Waals surface area (Å²) in [6, 6.07) is 8.08. The molecule has 2 aliphatic rings. The zero-order valence-electron chi connectivity index (χ0n) is 14.0. The topological polar surface area (TPSA) is 69.7 Å². The van der Waals surface area contributed by atoms with Gasteiger partial charge in [-0.3, -0.25) is 4.79 Å². The van der Waals surface area contributed by atoms with E-state index in [9.17, 15) is 13.2 Å². The Kier molecular flexibility index (Phi) is 5.22. The second-order valence-corrected chi connectivity index (χ2v) is 8.47. The Balaban J connectivity index is 1.84. The Morgan fingerprint density at radius 2 is 1.92 bits per heavy atom. The van der Waals surface area contributed by atoms with Gasteiger partial charge in [0.1, 0.15) is 6.04 Å². The third-order valence-electron chi connectivity index (χ3n) is 4.77. The van der Waals surface area contributed by atoms with Crippen LogP contribution in [0.5, 0.6) is 0 Å². The monoisotopic (exact) mass is 351 g/mol. The molecule has 1 amide bonds. The van der Waals surface area contributed by atoms with Crippen molar-refractivity contribution in [3.63, 3.8) is 0 Å². The SMILES string of the molecule is CC1CN(C(=O)C2CCCCN2S(=O)(=O)c2ccccc2)CCN1. The van der Waals surface area contributed by atoms with E-state index < -0.39 is 16.1 Å². The fourth-order valence-corrected chi connectivity index (χ4v) is 5.18. The molecule has 3 rings (SSSR count). The van der Waals surface area contributed by atoms with Crippen LogP contribution >= 0.6 is 0 Å². The Labute approximate surface area is 143 Å². The molecule has 2 fully saturated rings. The van der Waals surface area contributed by atoms with Gasteiger partial charge in [0.05, 0.1) is 4.90 Å². The van der Waals surface area contributed by atoms with Crippen molar-refractivity contribution in [1.29, 1.82) is 0 Å². The van der Waals surface area contributed by atoms with E-state index in [1.807, 2.05) is 11.8 Å². The molecular formula is C17H25N3O3S. The average Bonchev–Trinajstić information content (AvgIpc) is 2.62. The molecule has 1 aromatic rings. The van der Waals surface area contributed by atoms with Gasteiger partial charge in [0, 0.05) is 32.2 Å². The molecule has 1 aromatic carbocycles. The molecule has 2 heterocycles. The number of sulfonamides is 1. The van der Waals surface area contributed by atoms with Crippen molar-refractivity contribution in [3.8, 4) is 0 Å². The van der Waals surface area contributed by atoms with Gasteiger partial charge in [-0.15, -0.1) is 0 Å². The van der Waals surface area contributed by atoms with Crippen LogP contribution in [-0.2, 0) is 14.8 Å². The van der Waals surface area contributed by atoms with E-state index >= 15 is 0 Å². The summed E-state index contributed by atoms with van der Waals surface area (Å²) in [5, 5.41) is 3.31. The lowest BCUT2D eigenvalue weighted by atomic mass is 10.0. The number of amides is 1. The average molecular weight is 351 g/mol. The van der Waals surface area contributed by atoms with Crippen molar-refractivity contribution in [2.75, 3.05) is 26.2 Å². The molecule has 0 radical (unpaired) electrons. The molecule has 24 heavy (non-hydrogen) atoms. The normalized spacial score (nSPS) is 26.3. The van der Waals surface area contributed by atoms with Crippen LogP contribution in [0, 0.1) is 0 Å². The number of rotatable bonds is 3. The number of carbonyl (C=O) groups excluding carboxylic acids is 1. The summed E-state index contributed by atoms with van der Waals surface area (Å²) < 4.78 is 27.4. The van der Waals surface area contributed by atoms with E-state index in [1.165, 1.54) is 4.31 Å². The first-order valence-corrected chi connectivity index (χ1v) is 10.0. The fourth-order valence-electron chi connectivity index (χ4n) is 3.51. The molecule has 0 saturated carbocycles. The van der Waals surface area contributed by atoms with Crippen molar-refractivity contribution in [2.45, 2.75) is 43.2 Å². The number of benzene rings is 1. The lowest BCUT2D eigenvalue weighted by Gasteiger charge is -2.39. The maximum atomic E-state index is 13.0. The summed E-state index contributed by atoms with van der Waals surface area (Å²) in [6.45, 7) is 4.48. The molecule has 2 atom stereocenters. The van der Waals surface area contributed by atoms with Crippen LogP contribution in [0.15, 0.2) is 35.2 Å². The number of piperidine rings is 1. The number of hydrogen-bond donors (Lipinski definition) is 1. The Bertz CT molecular complexity index is 678. The first-order chi connectivity index (χ1) is 11.5. The molecule has 0 aromatic heterocycles. The van der Waals surface area contributed by atoms with Crippen LogP contribution in [0.3, 0.4) is 0 Å². The second-order valence-electron chi connectivity index (χ2n) is 6.58. The number of piperazine rings is 1. The highest BCUT2D eigenvalue weighted by atomic mass is 32.2. The number of carbonyl (C=O) groups is 1. The quantitative estimate of drug-likeness (QED) is 0.884. The first kappa shape index (κ1) is 17.4. The van der Waals surface area contributed by atoms with Crippen molar-refractivity contribution in [3.05, 3.63) is 30.3 Å². The van der Waals surface area contributed by atoms with Gasteiger partial charge in [-0.1, -0.05) is 24.6 Å². The summed E-state index contributed by atoms with van der Waals surface area (Å²) in [7, 11) is -3.64. The summed E-state index contributed by atoms with van der Waals surface area (Å²) >= 11 is 0. The molecule has 7 heteroatoms. The maximum absolute atomic E-state index is 13.0. The molecule has 2 unspecified atom stereocenters. The van der Waals surface area contributed by atoms with Crippen molar-refractivity contribution in [1.82, 2.24) is 14.5 Å². The highest BCUT2D eigenvalue weighted by Gasteiger charge is 2.39. The van der Waals surface area contributed by atoms with E-state index in [0.717, 1.165) is 19.4 Å². The standard InChI is InChI=1S/C17H25N3O3S/c1-14-13-19(12-10-18-14)17(21)16-9-5-6-11-20(16)24(22,23)15-7-3-2-4-8-15/h2-4,7-8,14,16,18H,5-6,9-13H2,1H3. The second kappa shape index (κ2) is 7.21. The number of nitrogens with zero attached hydrogens (tertiary/aromatic N) is 2. The Morgan fingerprint density at radius 3 is 2.62 bits per heavy atom. The van der Waals surface area contributed by atoms with E-state index in [2.05, 4.69) is 5.32 Å². The third kappa shape index (κ3) is 3.48. The first-order valence-electron chi connectivity index (χ1n) is 8.59. The summed E-state index contributed by atoms with van der Waals surface area (Å²) in [5.41, 5.74) is 0. The number of hydrogen-bond acceptors (Lipinski definition) is 4. The lowest BCUT2D eigenvalue weighted by molar-refractivity contribution is -0.137. The van der Waals surface area contributed by atoms with Crippen LogP contribution < -0.4 is 5.32 Å². The largest absolute Gasteiger partial charge is 0.338 e. The minimum atomic E-state index is -3.64. The van der Waals surface area contributed by atoms with Crippen LogP contribution in [0.2, 0.25) is 0 Å².